The number of ether oxygens (including phenoxy) is 1. The molecule has 94 valence electrons. The molecule has 0 saturated heterocycles. The highest BCUT2D eigenvalue weighted by Gasteiger charge is 2.04. The van der Waals surface area contributed by atoms with Crippen LogP contribution in [0.4, 0.5) is 0 Å². The normalized spacial score (nSPS) is 10.6. The first kappa shape index (κ1) is 14.0. The van der Waals surface area contributed by atoms with Gasteiger partial charge in [-0.3, -0.25) is 4.79 Å². The number of nitrogens with one attached hydrogen (secondary N) is 1. The lowest BCUT2D eigenvalue weighted by Crippen LogP contribution is -2.25. The maximum Gasteiger partial charge on any atom is 0.307 e. The van der Waals surface area contributed by atoms with Gasteiger partial charge in [-0.1, -0.05) is 37.6 Å². The van der Waals surface area contributed by atoms with Gasteiger partial charge in [-0.2, -0.15) is 0 Å². The van der Waals surface area contributed by atoms with Crippen molar-refractivity contribution >= 4 is 17.6 Å². The molecule has 1 aromatic carbocycles. The quantitative estimate of drug-likeness (QED) is 0.795. The van der Waals surface area contributed by atoms with Crippen molar-refractivity contribution in [2.75, 3.05) is 6.54 Å². The average Bonchev–Trinajstić information content (AvgIpc) is 2.26. The first-order chi connectivity index (χ1) is 8.08. The molecule has 0 unspecified atom stereocenters. The number of hydrogen-bond donors (Lipinski definition) is 1. The van der Waals surface area contributed by atoms with Crippen LogP contribution >= 0.6 is 11.6 Å². The zero-order valence-corrected chi connectivity index (χ0v) is 11.0. The Kier molecular flexibility index (Phi) is 6.01. The molecule has 1 rings (SSSR count). The molecule has 4 heteroatoms. The molecule has 0 bridgehead atoms. The zero-order chi connectivity index (χ0) is 12.7. The van der Waals surface area contributed by atoms with Crippen LogP contribution in [0.2, 0.25) is 5.02 Å². The molecular weight excluding hydrogens is 238 g/mol. The Labute approximate surface area is 107 Å². The Morgan fingerprint density at radius 2 is 2.24 bits per heavy atom. The fourth-order valence-corrected chi connectivity index (χ4v) is 1.54. The van der Waals surface area contributed by atoms with Gasteiger partial charge in [0.15, 0.2) is 0 Å². The van der Waals surface area contributed by atoms with Crippen LogP contribution in [-0.4, -0.2) is 18.6 Å². The second kappa shape index (κ2) is 7.30. The Balaban J connectivity index is 2.24. The molecule has 0 aromatic heterocycles. The third-order valence-electron chi connectivity index (χ3n) is 2.17. The summed E-state index contributed by atoms with van der Waals surface area (Å²) in [6.45, 7) is 5.00. The van der Waals surface area contributed by atoms with Gasteiger partial charge in [0.2, 0.25) is 0 Å². The molecule has 0 aliphatic rings. The molecule has 17 heavy (non-hydrogen) atoms. The van der Waals surface area contributed by atoms with E-state index in [1.165, 1.54) is 0 Å². The minimum Gasteiger partial charge on any atom is -0.461 e. The van der Waals surface area contributed by atoms with Crippen molar-refractivity contribution in [2.45, 2.75) is 32.9 Å². The van der Waals surface area contributed by atoms with Gasteiger partial charge in [0.1, 0.15) is 6.61 Å². The molecule has 0 radical (unpaired) electrons. The van der Waals surface area contributed by atoms with Crippen molar-refractivity contribution in [1.82, 2.24) is 5.32 Å². The predicted molar refractivity (Wildman–Crippen MR) is 69.0 cm³/mol. The van der Waals surface area contributed by atoms with E-state index in [1.54, 1.807) is 12.1 Å². The number of esters is 1. The lowest BCUT2D eigenvalue weighted by molar-refractivity contribution is -0.144. The van der Waals surface area contributed by atoms with Crippen molar-refractivity contribution in [2.24, 2.45) is 0 Å². The first-order valence-electron chi connectivity index (χ1n) is 5.71. The Bertz CT molecular complexity index is 366. The molecule has 1 aromatic rings. The van der Waals surface area contributed by atoms with Gasteiger partial charge in [0.05, 0.1) is 6.42 Å². The van der Waals surface area contributed by atoms with E-state index in [0.717, 1.165) is 5.56 Å². The van der Waals surface area contributed by atoms with Gasteiger partial charge in [-0.15, -0.1) is 0 Å². The first-order valence-corrected chi connectivity index (χ1v) is 6.09. The van der Waals surface area contributed by atoms with E-state index in [9.17, 15) is 4.79 Å². The minimum absolute atomic E-state index is 0.196. The summed E-state index contributed by atoms with van der Waals surface area (Å²) < 4.78 is 5.13. The summed E-state index contributed by atoms with van der Waals surface area (Å²) in [4.78, 5) is 11.4. The van der Waals surface area contributed by atoms with Crippen LogP contribution in [0.1, 0.15) is 25.8 Å². The fraction of sp³-hybridized carbons (Fsp3) is 0.462. The summed E-state index contributed by atoms with van der Waals surface area (Å²) in [6, 6.07) is 7.69. The predicted octanol–water partition coefficient (Wildman–Crippen LogP) is 2.77. The van der Waals surface area contributed by atoms with Gasteiger partial charge in [-0.05, 0) is 17.7 Å². The standard InChI is InChI=1S/C13H18ClNO2/c1-10(2)15-7-6-13(16)17-9-11-4-3-5-12(14)8-11/h3-5,8,10,15H,6-7,9H2,1-2H3. The highest BCUT2D eigenvalue weighted by atomic mass is 35.5. The third-order valence-corrected chi connectivity index (χ3v) is 2.41. The van der Waals surface area contributed by atoms with Crippen molar-refractivity contribution in [1.29, 1.82) is 0 Å². The molecule has 0 heterocycles. The van der Waals surface area contributed by atoms with Gasteiger partial charge in [-0.25, -0.2) is 0 Å². The van der Waals surface area contributed by atoms with Gasteiger partial charge in [0, 0.05) is 17.6 Å². The van der Waals surface area contributed by atoms with E-state index in [1.807, 2.05) is 26.0 Å². The lowest BCUT2D eigenvalue weighted by atomic mass is 10.2. The molecule has 0 aliphatic heterocycles. The highest BCUT2D eigenvalue weighted by molar-refractivity contribution is 6.30. The van der Waals surface area contributed by atoms with E-state index in [-0.39, 0.29) is 12.6 Å². The third kappa shape index (κ3) is 6.29. The summed E-state index contributed by atoms with van der Waals surface area (Å²) in [5.74, 6) is -0.196. The number of rotatable bonds is 6. The van der Waals surface area contributed by atoms with Gasteiger partial charge < -0.3 is 10.1 Å². The van der Waals surface area contributed by atoms with Crippen LogP contribution in [0, 0.1) is 0 Å². The van der Waals surface area contributed by atoms with Crippen molar-refractivity contribution < 1.29 is 9.53 Å². The molecule has 0 amide bonds. The minimum atomic E-state index is -0.196. The molecule has 0 saturated carbocycles. The lowest BCUT2D eigenvalue weighted by Gasteiger charge is -2.08. The van der Waals surface area contributed by atoms with Crippen LogP contribution in [0.15, 0.2) is 24.3 Å². The van der Waals surface area contributed by atoms with Crippen molar-refractivity contribution in [3.8, 4) is 0 Å². The Hall–Kier alpha value is -1.06. The Morgan fingerprint density at radius 1 is 1.47 bits per heavy atom. The summed E-state index contributed by atoms with van der Waals surface area (Å²) in [5, 5.41) is 3.81. The van der Waals surface area contributed by atoms with Gasteiger partial charge >= 0.3 is 5.97 Å². The second-order valence-electron chi connectivity index (χ2n) is 4.15. The number of hydrogen-bond acceptors (Lipinski definition) is 3. The molecule has 3 nitrogen and oxygen atoms in total. The van der Waals surface area contributed by atoms with Crippen LogP contribution in [0.3, 0.4) is 0 Å². The molecule has 0 aliphatic carbocycles. The smallest absolute Gasteiger partial charge is 0.307 e. The summed E-state index contributed by atoms with van der Waals surface area (Å²) in [5.41, 5.74) is 0.905. The van der Waals surface area contributed by atoms with Crippen LogP contribution in [0.5, 0.6) is 0 Å². The van der Waals surface area contributed by atoms with Crippen LogP contribution in [-0.2, 0) is 16.1 Å². The number of carbonyl (C=O) groups excluding carboxylic acids is 1. The van der Waals surface area contributed by atoms with E-state index in [0.29, 0.717) is 24.0 Å². The molecular formula is C13H18ClNO2. The highest BCUT2D eigenvalue weighted by Crippen LogP contribution is 2.11. The average molecular weight is 256 g/mol. The monoisotopic (exact) mass is 255 g/mol. The Morgan fingerprint density at radius 3 is 2.88 bits per heavy atom. The van der Waals surface area contributed by atoms with Crippen molar-refractivity contribution in [3.05, 3.63) is 34.9 Å². The fourth-order valence-electron chi connectivity index (χ4n) is 1.33. The summed E-state index contributed by atoms with van der Waals surface area (Å²) in [6.07, 6.45) is 0.388. The van der Waals surface area contributed by atoms with Crippen LogP contribution in [0.25, 0.3) is 0 Å². The summed E-state index contributed by atoms with van der Waals surface area (Å²) in [7, 11) is 0. The maximum absolute atomic E-state index is 11.4. The molecule has 0 fully saturated rings. The van der Waals surface area contributed by atoms with E-state index in [4.69, 9.17) is 16.3 Å². The van der Waals surface area contributed by atoms with Crippen LogP contribution < -0.4 is 5.32 Å². The zero-order valence-electron chi connectivity index (χ0n) is 10.2. The number of benzene rings is 1. The molecule has 0 spiro atoms. The maximum atomic E-state index is 11.4. The molecule has 0 atom stereocenters. The van der Waals surface area contributed by atoms with E-state index >= 15 is 0 Å². The van der Waals surface area contributed by atoms with Gasteiger partial charge in [0.25, 0.3) is 0 Å². The van der Waals surface area contributed by atoms with E-state index < -0.39 is 0 Å². The largest absolute Gasteiger partial charge is 0.461 e. The SMILES string of the molecule is CC(C)NCCC(=O)OCc1cccc(Cl)c1. The topological polar surface area (TPSA) is 38.3 Å². The molecule has 1 N–H and O–H groups in total. The van der Waals surface area contributed by atoms with Crippen molar-refractivity contribution in [3.63, 3.8) is 0 Å². The van der Waals surface area contributed by atoms with E-state index in [2.05, 4.69) is 5.32 Å². The number of halogens is 1. The number of carbonyl (C=O) groups is 1. The summed E-state index contributed by atoms with van der Waals surface area (Å²) >= 11 is 5.83. The second-order valence-corrected chi connectivity index (χ2v) is 4.59.